The number of rotatable bonds is 7. The number of amides is 2. The van der Waals surface area contributed by atoms with E-state index in [1.54, 1.807) is 29.0 Å². The molecule has 10 nitrogen and oxygen atoms in total. The third kappa shape index (κ3) is 5.50. The molecule has 3 aromatic rings. The third-order valence-electron chi connectivity index (χ3n) is 9.69. The number of non-ortho nitro benzene ring substituents is 1. The molecule has 1 fully saturated rings. The van der Waals surface area contributed by atoms with E-state index in [0.29, 0.717) is 24.2 Å². The molecule has 6 rings (SSSR count). The van der Waals surface area contributed by atoms with Gasteiger partial charge in [0.1, 0.15) is 0 Å². The van der Waals surface area contributed by atoms with Crippen molar-refractivity contribution < 1.29 is 29.2 Å². The maximum absolute atomic E-state index is 14.6. The highest BCUT2D eigenvalue weighted by Crippen LogP contribution is 2.60. The Balaban J connectivity index is 1.38. The maximum Gasteiger partial charge on any atom is 0.269 e. The van der Waals surface area contributed by atoms with Crippen molar-refractivity contribution >= 4 is 54.1 Å². The molecule has 236 valence electrons. The molecule has 5 atom stereocenters. The first-order valence-corrected chi connectivity index (χ1v) is 19.2. The zero-order chi connectivity index (χ0) is 32.3. The lowest BCUT2D eigenvalue weighted by Crippen LogP contribution is -2.48. The fraction of sp³-hybridized carbons (Fsp3) is 0.394. The topological polar surface area (TPSA) is 133 Å². The van der Waals surface area contributed by atoms with Crippen LogP contribution in [0.2, 0.25) is 18.6 Å². The van der Waals surface area contributed by atoms with Crippen molar-refractivity contribution in [1.29, 1.82) is 0 Å². The van der Waals surface area contributed by atoms with Gasteiger partial charge in [-0.2, -0.15) is 0 Å². The van der Waals surface area contributed by atoms with Crippen molar-refractivity contribution in [1.82, 2.24) is 4.90 Å². The smallest absolute Gasteiger partial charge is 0.269 e. The zero-order valence-electron chi connectivity index (χ0n) is 25.4. The number of aliphatic hydroxyl groups excluding tert-OH is 1. The average molecular weight is 742 g/mol. The summed E-state index contributed by atoms with van der Waals surface area (Å²) in [5, 5.41) is 22.1. The number of nitrogens with zero attached hydrogens (tertiary/aromatic N) is 3. The van der Waals surface area contributed by atoms with Gasteiger partial charge >= 0.3 is 0 Å². The minimum absolute atomic E-state index is 0.0962. The predicted octanol–water partition coefficient (Wildman–Crippen LogP) is 4.88. The second-order valence-corrected chi connectivity index (χ2v) is 18.1. The SMILES string of the molecule is C[C@@H]1[C@@H]([Si](C)(C)O)[C@H](CC(=O)N2Cc3ccccc3C[C@H]2CO)O[C@@]12C(=O)N(Cc1ccc(I)cc1)c1ccc([N+](=O)[O-])cc12. The van der Waals surface area contributed by atoms with E-state index in [9.17, 15) is 29.6 Å². The standard InChI is InChI=1S/C33H36IN3O7Si/c1-20-31(45(2,3)43)29(16-30(39)35-18-23-7-5-4-6-22(23)14-26(35)19-38)44-33(20)27-15-25(37(41)42)12-13-28(27)36(32(33)40)17-21-8-10-24(34)11-9-21/h4-13,15,20,26,29,31,38,43H,14,16-19H2,1-3H3/t20-,26+,29+,31-,33+/m1/s1. The second-order valence-electron chi connectivity index (χ2n) is 12.9. The fourth-order valence-electron chi connectivity index (χ4n) is 7.64. The second kappa shape index (κ2) is 11.9. The lowest BCUT2D eigenvalue weighted by atomic mass is 9.82. The van der Waals surface area contributed by atoms with Crippen molar-refractivity contribution in [3.63, 3.8) is 0 Å². The van der Waals surface area contributed by atoms with Crippen molar-refractivity contribution in [3.05, 3.63) is 103 Å². The first-order chi connectivity index (χ1) is 21.3. The molecule has 3 aliphatic rings. The van der Waals surface area contributed by atoms with Gasteiger partial charge in [-0.1, -0.05) is 43.3 Å². The van der Waals surface area contributed by atoms with Gasteiger partial charge in [0.2, 0.25) is 5.91 Å². The number of anilines is 1. The highest BCUT2D eigenvalue weighted by molar-refractivity contribution is 14.1. The van der Waals surface area contributed by atoms with Gasteiger partial charge in [-0.3, -0.25) is 19.7 Å². The van der Waals surface area contributed by atoms with Crippen molar-refractivity contribution in [3.8, 4) is 0 Å². The summed E-state index contributed by atoms with van der Waals surface area (Å²) < 4.78 is 7.82. The molecule has 0 aliphatic carbocycles. The highest BCUT2D eigenvalue weighted by Gasteiger charge is 2.66. The molecule has 12 heteroatoms. The van der Waals surface area contributed by atoms with E-state index in [1.807, 2.05) is 55.5 Å². The first kappa shape index (κ1) is 31.8. The Morgan fingerprint density at radius 1 is 1.13 bits per heavy atom. The van der Waals surface area contributed by atoms with E-state index in [-0.39, 0.29) is 37.1 Å². The van der Waals surface area contributed by atoms with Crippen LogP contribution in [0.1, 0.15) is 35.6 Å². The summed E-state index contributed by atoms with van der Waals surface area (Å²) in [5.74, 6) is -1.17. The fourth-order valence-corrected chi connectivity index (χ4v) is 10.6. The van der Waals surface area contributed by atoms with Crippen molar-refractivity contribution in [2.75, 3.05) is 11.5 Å². The van der Waals surface area contributed by atoms with Crippen LogP contribution in [0.4, 0.5) is 11.4 Å². The highest BCUT2D eigenvalue weighted by atomic mass is 127. The Morgan fingerprint density at radius 2 is 1.82 bits per heavy atom. The summed E-state index contributed by atoms with van der Waals surface area (Å²) >= 11 is 2.22. The third-order valence-corrected chi connectivity index (χ3v) is 12.9. The maximum atomic E-state index is 14.6. The number of nitro benzene ring substituents is 1. The molecule has 3 aliphatic heterocycles. The lowest BCUT2D eigenvalue weighted by Gasteiger charge is -2.37. The number of benzene rings is 3. The number of fused-ring (bicyclic) bond motifs is 3. The van der Waals surface area contributed by atoms with Crippen LogP contribution in [0.5, 0.6) is 0 Å². The number of carbonyl (C=O) groups excluding carboxylic acids is 2. The van der Waals surface area contributed by atoms with Crippen molar-refractivity contribution in [2.24, 2.45) is 5.92 Å². The zero-order valence-corrected chi connectivity index (χ0v) is 28.5. The van der Waals surface area contributed by atoms with Crippen LogP contribution in [0.3, 0.4) is 0 Å². The monoisotopic (exact) mass is 741 g/mol. The Kier molecular flexibility index (Phi) is 8.39. The quantitative estimate of drug-likeness (QED) is 0.153. The molecule has 45 heavy (non-hydrogen) atoms. The molecule has 1 saturated heterocycles. The molecular formula is C33H36IN3O7Si. The molecule has 0 bridgehead atoms. The Bertz CT molecular complexity index is 1660. The van der Waals surface area contributed by atoms with Gasteiger partial charge in [0.25, 0.3) is 11.6 Å². The number of hydrogen-bond donors (Lipinski definition) is 2. The summed E-state index contributed by atoms with van der Waals surface area (Å²) in [5.41, 5.74) is 1.59. The van der Waals surface area contributed by atoms with E-state index in [2.05, 4.69) is 22.6 Å². The van der Waals surface area contributed by atoms with Crippen LogP contribution in [-0.4, -0.2) is 58.6 Å². The summed E-state index contributed by atoms with van der Waals surface area (Å²) in [6, 6.07) is 19.6. The molecule has 2 amide bonds. The van der Waals surface area contributed by atoms with E-state index >= 15 is 0 Å². The number of hydrogen-bond acceptors (Lipinski definition) is 7. The number of aliphatic hydroxyl groups is 1. The lowest BCUT2D eigenvalue weighted by molar-refractivity contribution is -0.385. The van der Waals surface area contributed by atoms with Crippen LogP contribution in [-0.2, 0) is 39.4 Å². The van der Waals surface area contributed by atoms with E-state index in [1.165, 1.54) is 12.1 Å². The van der Waals surface area contributed by atoms with Crippen LogP contribution in [0.15, 0.2) is 66.7 Å². The first-order valence-electron chi connectivity index (χ1n) is 15.1. The molecule has 0 aromatic heterocycles. The van der Waals surface area contributed by atoms with Crippen molar-refractivity contribution in [2.45, 2.75) is 69.2 Å². The summed E-state index contributed by atoms with van der Waals surface area (Å²) in [6.45, 7) is 5.78. The van der Waals surface area contributed by atoms with Gasteiger partial charge in [0.05, 0.1) is 42.3 Å². The molecule has 0 radical (unpaired) electrons. The number of ether oxygens (including phenoxy) is 1. The van der Waals surface area contributed by atoms with Crippen LogP contribution in [0.25, 0.3) is 0 Å². The van der Waals surface area contributed by atoms with Gasteiger partial charge in [-0.15, -0.1) is 0 Å². The normalized spacial score (nSPS) is 25.9. The predicted molar refractivity (Wildman–Crippen MR) is 179 cm³/mol. The largest absolute Gasteiger partial charge is 0.432 e. The van der Waals surface area contributed by atoms with Gasteiger partial charge in [0, 0.05) is 39.3 Å². The Morgan fingerprint density at radius 3 is 2.47 bits per heavy atom. The minimum atomic E-state index is -3.08. The Labute approximate surface area is 276 Å². The van der Waals surface area contributed by atoms with Gasteiger partial charge in [-0.25, -0.2) is 0 Å². The van der Waals surface area contributed by atoms with E-state index < -0.39 is 42.4 Å². The minimum Gasteiger partial charge on any atom is -0.432 e. The summed E-state index contributed by atoms with van der Waals surface area (Å²) in [4.78, 5) is 54.9. The average Bonchev–Trinajstić information content (AvgIpc) is 3.43. The number of carbonyl (C=O) groups is 2. The van der Waals surface area contributed by atoms with Crippen LogP contribution < -0.4 is 4.90 Å². The van der Waals surface area contributed by atoms with Gasteiger partial charge < -0.3 is 24.4 Å². The van der Waals surface area contributed by atoms with Crippen LogP contribution in [0, 0.1) is 19.6 Å². The summed E-state index contributed by atoms with van der Waals surface area (Å²) in [6.07, 6.45) is -0.386. The number of nitro groups is 1. The van der Waals surface area contributed by atoms with Crippen LogP contribution >= 0.6 is 22.6 Å². The van der Waals surface area contributed by atoms with Gasteiger partial charge in [0.15, 0.2) is 13.9 Å². The van der Waals surface area contributed by atoms with E-state index in [4.69, 9.17) is 4.74 Å². The van der Waals surface area contributed by atoms with Gasteiger partial charge in [-0.05, 0) is 77.0 Å². The molecule has 3 aromatic carbocycles. The summed E-state index contributed by atoms with van der Waals surface area (Å²) in [7, 11) is -3.08. The Hall–Kier alpha value is -3.17. The van der Waals surface area contributed by atoms with E-state index in [0.717, 1.165) is 20.3 Å². The molecular weight excluding hydrogens is 705 g/mol. The molecule has 0 saturated carbocycles. The molecule has 1 spiro atoms. The molecule has 0 unspecified atom stereocenters. The molecule has 3 heterocycles. The number of halogens is 1. The molecule has 2 N–H and O–H groups in total.